The van der Waals surface area contributed by atoms with Crippen molar-refractivity contribution in [2.24, 2.45) is 0 Å². The second-order valence-electron chi connectivity index (χ2n) is 6.25. The van der Waals surface area contributed by atoms with Gasteiger partial charge in [0.25, 0.3) is 0 Å². The fourth-order valence-electron chi connectivity index (χ4n) is 3.54. The molecule has 1 aromatic carbocycles. The van der Waals surface area contributed by atoms with Gasteiger partial charge in [-0.1, -0.05) is 49.6 Å². The second-order valence-corrected chi connectivity index (χ2v) is 6.25. The van der Waals surface area contributed by atoms with E-state index in [-0.39, 0.29) is 6.10 Å². The van der Waals surface area contributed by atoms with Crippen molar-refractivity contribution in [3.8, 4) is 0 Å². The van der Waals surface area contributed by atoms with Crippen LogP contribution in [0.1, 0.15) is 56.4 Å². The van der Waals surface area contributed by atoms with Crippen LogP contribution in [0.3, 0.4) is 0 Å². The lowest BCUT2D eigenvalue weighted by Crippen LogP contribution is -2.49. The molecule has 0 radical (unpaired) electrons. The zero-order chi connectivity index (χ0) is 13.1. The highest BCUT2D eigenvalue weighted by molar-refractivity contribution is 5.22. The van der Waals surface area contributed by atoms with Gasteiger partial charge in [-0.3, -0.25) is 0 Å². The Hall–Kier alpha value is -0.860. The average molecular weight is 259 g/mol. The van der Waals surface area contributed by atoms with Gasteiger partial charge in [-0.15, -0.1) is 0 Å². The van der Waals surface area contributed by atoms with Crippen molar-refractivity contribution < 1.29 is 5.11 Å². The third kappa shape index (κ3) is 3.18. The monoisotopic (exact) mass is 259 g/mol. The first-order chi connectivity index (χ1) is 9.33. The van der Waals surface area contributed by atoms with Crippen LogP contribution in [0.4, 0.5) is 0 Å². The molecule has 2 aliphatic carbocycles. The fourth-order valence-corrected chi connectivity index (χ4v) is 3.54. The molecule has 2 N–H and O–H groups in total. The van der Waals surface area contributed by atoms with Gasteiger partial charge in [-0.2, -0.15) is 0 Å². The molecule has 2 unspecified atom stereocenters. The predicted octanol–water partition coefficient (Wildman–Crippen LogP) is 3.22. The van der Waals surface area contributed by atoms with Gasteiger partial charge in [0.15, 0.2) is 0 Å². The quantitative estimate of drug-likeness (QED) is 0.817. The normalized spacial score (nSPS) is 35.4. The fraction of sp³-hybridized carbons (Fsp3) is 0.647. The van der Waals surface area contributed by atoms with E-state index in [1.54, 1.807) is 0 Å². The second kappa shape index (κ2) is 6.06. The van der Waals surface area contributed by atoms with E-state index in [1.165, 1.54) is 37.7 Å². The van der Waals surface area contributed by atoms with E-state index in [1.807, 2.05) is 0 Å². The molecule has 0 amide bonds. The Labute approximate surface area is 116 Å². The Bertz CT molecular complexity index is 386. The molecule has 1 aromatic rings. The third-order valence-corrected chi connectivity index (χ3v) is 4.84. The zero-order valence-corrected chi connectivity index (χ0v) is 11.6. The zero-order valence-electron chi connectivity index (χ0n) is 11.6. The summed E-state index contributed by atoms with van der Waals surface area (Å²) >= 11 is 0. The smallest absolute Gasteiger partial charge is 0.0693 e. The van der Waals surface area contributed by atoms with E-state index in [0.717, 1.165) is 18.8 Å². The number of rotatable bonds is 3. The Balaban J connectivity index is 1.48. The Kier molecular flexibility index (Phi) is 4.19. The number of benzene rings is 1. The molecule has 0 heterocycles. The van der Waals surface area contributed by atoms with Crippen molar-refractivity contribution in [1.82, 2.24) is 5.32 Å². The Morgan fingerprint density at radius 3 is 2.47 bits per heavy atom. The number of hydrogen-bond acceptors (Lipinski definition) is 2. The maximum Gasteiger partial charge on any atom is 0.0693 e. The minimum atomic E-state index is -0.127. The summed E-state index contributed by atoms with van der Waals surface area (Å²) < 4.78 is 0. The Morgan fingerprint density at radius 2 is 1.68 bits per heavy atom. The van der Waals surface area contributed by atoms with Crippen molar-refractivity contribution in [2.45, 2.75) is 69.1 Å². The summed E-state index contributed by atoms with van der Waals surface area (Å²) in [6.07, 6.45) is 8.20. The Morgan fingerprint density at radius 1 is 0.947 bits per heavy atom. The molecule has 2 aliphatic rings. The summed E-state index contributed by atoms with van der Waals surface area (Å²) in [6.45, 7) is 0. The molecule has 19 heavy (non-hydrogen) atoms. The number of aliphatic hydroxyl groups is 1. The van der Waals surface area contributed by atoms with Crippen LogP contribution in [-0.4, -0.2) is 23.3 Å². The lowest BCUT2D eigenvalue weighted by atomic mass is 9.75. The van der Waals surface area contributed by atoms with Crippen molar-refractivity contribution in [3.05, 3.63) is 35.9 Å². The largest absolute Gasteiger partial charge is 0.392 e. The molecular weight excluding hydrogens is 234 g/mol. The van der Waals surface area contributed by atoms with Crippen LogP contribution >= 0.6 is 0 Å². The van der Waals surface area contributed by atoms with Gasteiger partial charge < -0.3 is 10.4 Å². The van der Waals surface area contributed by atoms with E-state index in [0.29, 0.717) is 12.1 Å². The highest BCUT2D eigenvalue weighted by Crippen LogP contribution is 2.37. The molecule has 0 saturated heterocycles. The summed E-state index contributed by atoms with van der Waals surface area (Å²) in [6, 6.07) is 11.8. The van der Waals surface area contributed by atoms with Crippen molar-refractivity contribution in [2.75, 3.05) is 0 Å². The first-order valence-corrected chi connectivity index (χ1v) is 7.82. The molecule has 2 atom stereocenters. The van der Waals surface area contributed by atoms with Crippen LogP contribution in [0.5, 0.6) is 0 Å². The molecule has 2 nitrogen and oxygen atoms in total. The summed E-state index contributed by atoms with van der Waals surface area (Å²) in [5.41, 5.74) is 1.47. The lowest BCUT2D eigenvalue weighted by molar-refractivity contribution is 0.102. The molecule has 104 valence electrons. The first kappa shape index (κ1) is 13.1. The lowest BCUT2D eigenvalue weighted by Gasteiger charge is -2.39. The molecule has 0 spiro atoms. The van der Waals surface area contributed by atoms with E-state index in [9.17, 15) is 5.11 Å². The van der Waals surface area contributed by atoms with E-state index in [4.69, 9.17) is 0 Å². The minimum absolute atomic E-state index is 0.127. The van der Waals surface area contributed by atoms with E-state index in [2.05, 4.69) is 35.6 Å². The van der Waals surface area contributed by atoms with Crippen LogP contribution in [0.2, 0.25) is 0 Å². The highest BCUT2D eigenvalue weighted by atomic mass is 16.3. The van der Waals surface area contributed by atoms with E-state index < -0.39 is 0 Å². The summed E-state index contributed by atoms with van der Waals surface area (Å²) in [5.74, 6) is 0.724. The van der Waals surface area contributed by atoms with Crippen molar-refractivity contribution >= 4 is 0 Å². The van der Waals surface area contributed by atoms with Crippen molar-refractivity contribution in [3.63, 3.8) is 0 Å². The van der Waals surface area contributed by atoms with Gasteiger partial charge in [0.05, 0.1) is 6.10 Å². The van der Waals surface area contributed by atoms with Gasteiger partial charge in [-0.05, 0) is 37.2 Å². The van der Waals surface area contributed by atoms with Crippen LogP contribution in [-0.2, 0) is 0 Å². The van der Waals surface area contributed by atoms with Crippen LogP contribution in [0, 0.1) is 0 Å². The number of nitrogens with one attached hydrogen (secondary N) is 1. The molecule has 2 fully saturated rings. The first-order valence-electron chi connectivity index (χ1n) is 7.82. The maximum absolute atomic E-state index is 10.1. The molecule has 0 bridgehead atoms. The minimum Gasteiger partial charge on any atom is -0.392 e. The van der Waals surface area contributed by atoms with Gasteiger partial charge in [0.1, 0.15) is 0 Å². The summed E-state index contributed by atoms with van der Waals surface area (Å²) in [4.78, 5) is 0. The molecule has 3 rings (SSSR count). The van der Waals surface area contributed by atoms with E-state index >= 15 is 0 Å². The van der Waals surface area contributed by atoms with Gasteiger partial charge in [0.2, 0.25) is 0 Å². The molecule has 2 heteroatoms. The molecule has 2 saturated carbocycles. The highest BCUT2D eigenvalue weighted by Gasteiger charge is 2.33. The molecular formula is C17H25NO. The summed E-state index contributed by atoms with van der Waals surface area (Å²) in [7, 11) is 0. The van der Waals surface area contributed by atoms with Gasteiger partial charge in [0, 0.05) is 12.1 Å². The van der Waals surface area contributed by atoms with Crippen LogP contribution in [0.25, 0.3) is 0 Å². The third-order valence-electron chi connectivity index (χ3n) is 4.84. The average Bonchev–Trinajstić information content (AvgIpc) is 2.59. The molecule has 0 aromatic heterocycles. The van der Waals surface area contributed by atoms with Crippen LogP contribution < -0.4 is 5.32 Å². The number of aliphatic hydroxyl groups excluding tert-OH is 1. The summed E-state index contributed by atoms with van der Waals surface area (Å²) in [5, 5.41) is 13.8. The maximum atomic E-state index is 10.1. The van der Waals surface area contributed by atoms with Crippen molar-refractivity contribution in [1.29, 1.82) is 0 Å². The SMILES string of the molecule is OC1CCCCCC1NC1CC(c2ccccc2)C1. The molecule has 0 aliphatic heterocycles. The van der Waals surface area contributed by atoms with Crippen LogP contribution in [0.15, 0.2) is 30.3 Å². The topological polar surface area (TPSA) is 32.3 Å². The van der Waals surface area contributed by atoms with Gasteiger partial charge >= 0.3 is 0 Å². The number of hydrogen-bond donors (Lipinski definition) is 2. The standard InChI is InChI=1S/C17H25NO/c19-17-10-6-2-5-9-16(17)18-15-11-14(12-15)13-7-3-1-4-8-13/h1,3-4,7-8,14-19H,2,5-6,9-12H2. The predicted molar refractivity (Wildman–Crippen MR) is 78.2 cm³/mol. The van der Waals surface area contributed by atoms with Gasteiger partial charge in [-0.25, -0.2) is 0 Å².